The van der Waals surface area contributed by atoms with Crippen molar-refractivity contribution in [2.75, 3.05) is 26.7 Å². The summed E-state index contributed by atoms with van der Waals surface area (Å²) in [6, 6.07) is 11.2. The van der Waals surface area contributed by atoms with E-state index >= 15 is 0 Å². The van der Waals surface area contributed by atoms with Gasteiger partial charge >= 0.3 is 0 Å². The molecule has 0 aromatic heterocycles. The van der Waals surface area contributed by atoms with Crippen LogP contribution in [0.25, 0.3) is 10.8 Å². The molecule has 0 saturated heterocycles. The first-order valence-electron chi connectivity index (χ1n) is 7.27. The van der Waals surface area contributed by atoms with Gasteiger partial charge in [-0.1, -0.05) is 37.3 Å². The number of nitrogens with one attached hydrogen (secondary N) is 1. The van der Waals surface area contributed by atoms with Gasteiger partial charge in [0, 0.05) is 25.0 Å². The Bertz CT molecular complexity index is 554. The fourth-order valence-corrected chi connectivity index (χ4v) is 2.40. The fourth-order valence-electron chi connectivity index (χ4n) is 2.40. The van der Waals surface area contributed by atoms with Crippen LogP contribution in [0.4, 0.5) is 4.39 Å². The first-order chi connectivity index (χ1) is 9.72. The molecule has 2 aromatic carbocycles. The average molecular weight is 274 g/mol. The van der Waals surface area contributed by atoms with Crippen molar-refractivity contribution < 1.29 is 4.39 Å². The lowest BCUT2D eigenvalue weighted by Gasteiger charge is -2.18. The molecular weight excluding hydrogens is 251 g/mol. The van der Waals surface area contributed by atoms with Crippen molar-refractivity contribution in [3.05, 3.63) is 47.8 Å². The van der Waals surface area contributed by atoms with Crippen LogP contribution < -0.4 is 5.32 Å². The Morgan fingerprint density at radius 1 is 1.05 bits per heavy atom. The smallest absolute Gasteiger partial charge is 0.131 e. The zero-order chi connectivity index (χ0) is 14.4. The Labute approximate surface area is 120 Å². The van der Waals surface area contributed by atoms with Crippen molar-refractivity contribution in [3.63, 3.8) is 0 Å². The zero-order valence-electron chi connectivity index (χ0n) is 12.3. The van der Waals surface area contributed by atoms with E-state index in [0.717, 1.165) is 38.0 Å². The van der Waals surface area contributed by atoms with Gasteiger partial charge in [0.25, 0.3) is 0 Å². The molecule has 0 aliphatic heterocycles. The van der Waals surface area contributed by atoms with E-state index in [1.807, 2.05) is 30.3 Å². The largest absolute Gasteiger partial charge is 0.315 e. The summed E-state index contributed by atoms with van der Waals surface area (Å²) in [7, 11) is 2.10. The predicted octanol–water partition coefficient (Wildman–Crippen LogP) is 3.41. The Balaban J connectivity index is 2.04. The Morgan fingerprint density at radius 2 is 1.80 bits per heavy atom. The molecule has 0 aliphatic carbocycles. The van der Waals surface area contributed by atoms with Gasteiger partial charge in [-0.25, -0.2) is 4.39 Å². The molecule has 0 saturated carbocycles. The monoisotopic (exact) mass is 274 g/mol. The van der Waals surface area contributed by atoms with Crippen molar-refractivity contribution in [3.8, 4) is 0 Å². The van der Waals surface area contributed by atoms with Crippen LogP contribution in [0, 0.1) is 5.82 Å². The number of rotatable bonds is 7. The third kappa shape index (κ3) is 3.78. The molecule has 108 valence electrons. The quantitative estimate of drug-likeness (QED) is 0.778. The van der Waals surface area contributed by atoms with E-state index in [1.165, 1.54) is 5.56 Å². The molecule has 0 aliphatic rings. The molecule has 0 bridgehead atoms. The summed E-state index contributed by atoms with van der Waals surface area (Å²) in [5.74, 6) is -0.142. The minimum Gasteiger partial charge on any atom is -0.315 e. The minimum absolute atomic E-state index is 0.142. The lowest BCUT2D eigenvalue weighted by atomic mass is 10.0. The summed E-state index contributed by atoms with van der Waals surface area (Å²) in [5, 5.41) is 5.12. The van der Waals surface area contributed by atoms with Crippen LogP contribution in [0.2, 0.25) is 0 Å². The van der Waals surface area contributed by atoms with Crippen LogP contribution in [-0.4, -0.2) is 31.6 Å². The second kappa shape index (κ2) is 7.36. The van der Waals surface area contributed by atoms with Gasteiger partial charge in [0.05, 0.1) is 0 Å². The van der Waals surface area contributed by atoms with E-state index in [0.29, 0.717) is 5.39 Å². The van der Waals surface area contributed by atoms with E-state index in [1.54, 1.807) is 6.07 Å². The zero-order valence-corrected chi connectivity index (χ0v) is 12.3. The van der Waals surface area contributed by atoms with Gasteiger partial charge in [-0.05, 0) is 37.0 Å². The summed E-state index contributed by atoms with van der Waals surface area (Å²) in [5.41, 5.74) is 1.18. The van der Waals surface area contributed by atoms with Crippen LogP contribution in [0.3, 0.4) is 0 Å². The molecule has 0 heterocycles. The standard InChI is InChI=1S/C17H23FN2/c1-3-10-19-11-12-20(2)13-14-8-9-17(18)16-7-5-4-6-15(14)16/h4-9,19H,3,10-13H2,1-2H3. The summed E-state index contributed by atoms with van der Waals surface area (Å²) >= 11 is 0. The van der Waals surface area contributed by atoms with Crippen LogP contribution in [0.1, 0.15) is 18.9 Å². The number of nitrogens with zero attached hydrogens (tertiary/aromatic N) is 1. The second-order valence-electron chi connectivity index (χ2n) is 5.24. The summed E-state index contributed by atoms with van der Waals surface area (Å²) in [6.07, 6.45) is 1.16. The SMILES string of the molecule is CCCNCCN(C)Cc1ccc(F)c2ccccc12. The maximum Gasteiger partial charge on any atom is 0.131 e. The molecule has 3 heteroatoms. The molecule has 20 heavy (non-hydrogen) atoms. The Kier molecular flexibility index (Phi) is 5.50. The molecule has 0 atom stereocenters. The van der Waals surface area contributed by atoms with Gasteiger partial charge < -0.3 is 10.2 Å². The van der Waals surface area contributed by atoms with Gasteiger partial charge in [0.1, 0.15) is 5.82 Å². The molecular formula is C17H23FN2. The predicted molar refractivity (Wildman–Crippen MR) is 83.4 cm³/mol. The lowest BCUT2D eigenvalue weighted by Crippen LogP contribution is -2.29. The van der Waals surface area contributed by atoms with Crippen molar-refractivity contribution in [1.82, 2.24) is 10.2 Å². The molecule has 2 nitrogen and oxygen atoms in total. The van der Waals surface area contributed by atoms with Crippen LogP contribution >= 0.6 is 0 Å². The lowest BCUT2D eigenvalue weighted by molar-refractivity contribution is 0.325. The number of fused-ring (bicyclic) bond motifs is 1. The number of hydrogen-bond donors (Lipinski definition) is 1. The topological polar surface area (TPSA) is 15.3 Å². The number of likely N-dealkylation sites (N-methyl/N-ethyl adjacent to an activating group) is 1. The molecule has 0 amide bonds. The third-order valence-corrected chi connectivity index (χ3v) is 3.50. The Morgan fingerprint density at radius 3 is 2.55 bits per heavy atom. The highest BCUT2D eigenvalue weighted by molar-refractivity contribution is 5.86. The van der Waals surface area contributed by atoms with Gasteiger partial charge in [0.2, 0.25) is 0 Å². The number of hydrogen-bond acceptors (Lipinski definition) is 2. The van der Waals surface area contributed by atoms with Gasteiger partial charge in [-0.3, -0.25) is 0 Å². The highest BCUT2D eigenvalue weighted by Crippen LogP contribution is 2.22. The second-order valence-corrected chi connectivity index (χ2v) is 5.24. The third-order valence-electron chi connectivity index (χ3n) is 3.50. The minimum atomic E-state index is -0.142. The highest BCUT2D eigenvalue weighted by Gasteiger charge is 2.07. The van der Waals surface area contributed by atoms with E-state index < -0.39 is 0 Å². The first kappa shape index (κ1) is 14.9. The molecule has 0 unspecified atom stereocenters. The van der Waals surface area contributed by atoms with Crippen LogP contribution in [0.15, 0.2) is 36.4 Å². The van der Waals surface area contributed by atoms with Crippen molar-refractivity contribution in [1.29, 1.82) is 0 Å². The number of halogens is 1. The molecule has 0 spiro atoms. The molecule has 2 aromatic rings. The van der Waals surface area contributed by atoms with E-state index in [4.69, 9.17) is 0 Å². The van der Waals surface area contributed by atoms with Gasteiger partial charge in [-0.2, -0.15) is 0 Å². The average Bonchev–Trinajstić information content (AvgIpc) is 2.47. The van der Waals surface area contributed by atoms with Crippen LogP contribution in [0.5, 0.6) is 0 Å². The van der Waals surface area contributed by atoms with Crippen molar-refractivity contribution >= 4 is 10.8 Å². The van der Waals surface area contributed by atoms with Gasteiger partial charge in [0.15, 0.2) is 0 Å². The molecule has 0 radical (unpaired) electrons. The Hall–Kier alpha value is -1.45. The van der Waals surface area contributed by atoms with E-state index in [-0.39, 0.29) is 5.82 Å². The molecule has 0 fully saturated rings. The van der Waals surface area contributed by atoms with Crippen molar-refractivity contribution in [2.45, 2.75) is 19.9 Å². The maximum atomic E-state index is 13.8. The van der Waals surface area contributed by atoms with E-state index in [2.05, 4.69) is 24.2 Å². The van der Waals surface area contributed by atoms with Crippen LogP contribution in [-0.2, 0) is 6.54 Å². The maximum absolute atomic E-state index is 13.8. The summed E-state index contributed by atoms with van der Waals surface area (Å²) in [4.78, 5) is 2.27. The van der Waals surface area contributed by atoms with Gasteiger partial charge in [-0.15, -0.1) is 0 Å². The molecule has 1 N–H and O–H groups in total. The first-order valence-corrected chi connectivity index (χ1v) is 7.27. The fraction of sp³-hybridized carbons (Fsp3) is 0.412. The molecule has 2 rings (SSSR count). The number of benzene rings is 2. The highest BCUT2D eigenvalue weighted by atomic mass is 19.1. The summed E-state index contributed by atoms with van der Waals surface area (Å²) in [6.45, 7) is 6.05. The summed E-state index contributed by atoms with van der Waals surface area (Å²) < 4.78 is 13.8. The van der Waals surface area contributed by atoms with Crippen molar-refractivity contribution in [2.24, 2.45) is 0 Å². The van der Waals surface area contributed by atoms with E-state index in [9.17, 15) is 4.39 Å². The normalized spacial score (nSPS) is 11.4.